The first-order valence-electron chi connectivity index (χ1n) is 9.47. The fraction of sp³-hybridized carbons (Fsp3) is 0.261. The van der Waals surface area contributed by atoms with Crippen LogP contribution in [0.25, 0.3) is 6.08 Å². The van der Waals surface area contributed by atoms with Crippen molar-refractivity contribution < 1.29 is 9.18 Å². The van der Waals surface area contributed by atoms with E-state index in [0.717, 1.165) is 25.1 Å². The Bertz CT molecular complexity index is 865. The Morgan fingerprint density at radius 2 is 1.79 bits per heavy atom. The van der Waals surface area contributed by atoms with Gasteiger partial charge in [0.15, 0.2) is 0 Å². The van der Waals surface area contributed by atoms with Crippen LogP contribution in [0, 0.1) is 5.82 Å². The molecule has 28 heavy (non-hydrogen) atoms. The maximum Gasteiger partial charge on any atom is 0.246 e. The third-order valence-corrected chi connectivity index (χ3v) is 5.13. The lowest BCUT2D eigenvalue weighted by atomic mass is 10.2. The molecule has 2 aromatic carbocycles. The zero-order valence-corrected chi connectivity index (χ0v) is 16.5. The van der Waals surface area contributed by atoms with Crippen LogP contribution in [0.1, 0.15) is 17.5 Å². The standard InChI is InChI=1S/C23H24ClFN2O/c24-21-11-4-1-8-19(21)9-3-6-13-23(28)27-15-7-14-26(16-17-27)18-20-10-2-5-12-22(20)25/h1-6,8-13H,7,14-18H2/b9-3+,13-6+. The number of carbonyl (C=O) groups excluding carboxylic acids is 1. The SMILES string of the molecule is O=C(/C=C/C=C/c1ccccc1Cl)N1CCCN(Cc2ccccc2F)CC1. The number of halogens is 2. The van der Waals surface area contributed by atoms with Crippen molar-refractivity contribution in [2.45, 2.75) is 13.0 Å². The minimum Gasteiger partial charge on any atom is -0.338 e. The molecule has 2 aromatic rings. The second-order valence-corrected chi connectivity index (χ2v) is 7.19. The molecule has 0 unspecified atom stereocenters. The lowest BCUT2D eigenvalue weighted by molar-refractivity contribution is -0.125. The van der Waals surface area contributed by atoms with Crippen LogP contribution in [0.2, 0.25) is 5.02 Å². The monoisotopic (exact) mass is 398 g/mol. The highest BCUT2D eigenvalue weighted by Crippen LogP contribution is 2.16. The highest BCUT2D eigenvalue weighted by atomic mass is 35.5. The van der Waals surface area contributed by atoms with Crippen LogP contribution in [-0.4, -0.2) is 41.9 Å². The Balaban J connectivity index is 1.51. The second-order valence-electron chi connectivity index (χ2n) is 6.79. The normalized spacial score (nSPS) is 16.0. The summed E-state index contributed by atoms with van der Waals surface area (Å²) in [6.45, 7) is 3.53. The van der Waals surface area contributed by atoms with E-state index >= 15 is 0 Å². The summed E-state index contributed by atoms with van der Waals surface area (Å²) in [6, 6.07) is 14.4. The number of nitrogens with zero attached hydrogens (tertiary/aromatic N) is 2. The Labute approximate surface area is 170 Å². The first kappa shape index (κ1) is 20.3. The zero-order valence-electron chi connectivity index (χ0n) is 15.7. The lowest BCUT2D eigenvalue weighted by Gasteiger charge is -2.21. The van der Waals surface area contributed by atoms with Gasteiger partial charge in [0.25, 0.3) is 0 Å². The molecule has 1 aliphatic rings. The number of hydrogen-bond acceptors (Lipinski definition) is 2. The van der Waals surface area contributed by atoms with Crippen molar-refractivity contribution >= 4 is 23.6 Å². The highest BCUT2D eigenvalue weighted by Gasteiger charge is 2.18. The van der Waals surface area contributed by atoms with Gasteiger partial charge in [-0.15, -0.1) is 0 Å². The van der Waals surface area contributed by atoms with Gasteiger partial charge in [-0.05, 0) is 24.1 Å². The summed E-state index contributed by atoms with van der Waals surface area (Å²) in [4.78, 5) is 16.5. The largest absolute Gasteiger partial charge is 0.338 e. The molecule has 0 aliphatic carbocycles. The highest BCUT2D eigenvalue weighted by molar-refractivity contribution is 6.32. The van der Waals surface area contributed by atoms with Gasteiger partial charge < -0.3 is 4.90 Å². The number of benzene rings is 2. The summed E-state index contributed by atoms with van der Waals surface area (Å²) in [5.74, 6) is -0.176. The molecule has 0 spiro atoms. The summed E-state index contributed by atoms with van der Waals surface area (Å²) in [7, 11) is 0. The second kappa shape index (κ2) is 10.2. The predicted molar refractivity (Wildman–Crippen MR) is 113 cm³/mol. The average molecular weight is 399 g/mol. The molecule has 1 fully saturated rings. The minimum absolute atomic E-state index is 0.00319. The van der Waals surface area contributed by atoms with Crippen molar-refractivity contribution in [3.8, 4) is 0 Å². The van der Waals surface area contributed by atoms with E-state index in [2.05, 4.69) is 4.90 Å². The van der Waals surface area contributed by atoms with E-state index in [0.29, 0.717) is 30.2 Å². The maximum atomic E-state index is 13.9. The molecule has 1 amide bonds. The van der Waals surface area contributed by atoms with Gasteiger partial charge in [-0.25, -0.2) is 4.39 Å². The predicted octanol–water partition coefficient (Wildman–Crippen LogP) is 4.78. The van der Waals surface area contributed by atoms with E-state index in [1.807, 2.05) is 53.5 Å². The molecule has 5 heteroatoms. The molecule has 0 atom stereocenters. The van der Waals surface area contributed by atoms with Crippen LogP contribution in [0.15, 0.2) is 66.8 Å². The van der Waals surface area contributed by atoms with Crippen molar-refractivity contribution in [2.75, 3.05) is 26.2 Å². The molecule has 0 radical (unpaired) electrons. The molecule has 146 valence electrons. The molecule has 1 saturated heterocycles. The van der Waals surface area contributed by atoms with Gasteiger partial charge >= 0.3 is 0 Å². The molecule has 1 aliphatic heterocycles. The van der Waals surface area contributed by atoms with Crippen LogP contribution in [-0.2, 0) is 11.3 Å². The quantitative estimate of drug-likeness (QED) is 0.534. The molecule has 0 aromatic heterocycles. The third kappa shape index (κ3) is 5.78. The molecule has 1 heterocycles. The molecular formula is C23H24ClFN2O. The van der Waals surface area contributed by atoms with E-state index in [1.54, 1.807) is 18.2 Å². The van der Waals surface area contributed by atoms with E-state index in [4.69, 9.17) is 11.6 Å². The van der Waals surface area contributed by atoms with E-state index in [1.165, 1.54) is 6.07 Å². The molecule has 0 N–H and O–H groups in total. The van der Waals surface area contributed by atoms with Gasteiger partial charge in [-0.2, -0.15) is 0 Å². The number of hydrogen-bond donors (Lipinski definition) is 0. The fourth-order valence-corrected chi connectivity index (χ4v) is 3.43. The number of carbonyl (C=O) groups is 1. The Hall–Kier alpha value is -2.43. The lowest BCUT2D eigenvalue weighted by Crippen LogP contribution is -2.34. The fourth-order valence-electron chi connectivity index (χ4n) is 3.23. The van der Waals surface area contributed by atoms with E-state index in [-0.39, 0.29) is 11.7 Å². The van der Waals surface area contributed by atoms with Crippen molar-refractivity contribution in [1.29, 1.82) is 0 Å². The van der Waals surface area contributed by atoms with Gasteiger partial charge in [0.05, 0.1) is 0 Å². The molecule has 0 bridgehead atoms. The molecular weight excluding hydrogens is 375 g/mol. The van der Waals surface area contributed by atoms with E-state index in [9.17, 15) is 9.18 Å². The first-order chi connectivity index (χ1) is 13.6. The van der Waals surface area contributed by atoms with Gasteiger partial charge in [0, 0.05) is 49.4 Å². The van der Waals surface area contributed by atoms with Gasteiger partial charge in [-0.3, -0.25) is 9.69 Å². The maximum absolute atomic E-state index is 13.9. The van der Waals surface area contributed by atoms with E-state index < -0.39 is 0 Å². The van der Waals surface area contributed by atoms with Crippen molar-refractivity contribution in [2.24, 2.45) is 0 Å². The van der Waals surface area contributed by atoms with Gasteiger partial charge in [0.2, 0.25) is 5.91 Å². The van der Waals surface area contributed by atoms with Crippen LogP contribution in [0.4, 0.5) is 4.39 Å². The third-order valence-electron chi connectivity index (χ3n) is 4.78. The summed E-state index contributed by atoms with van der Waals surface area (Å²) >= 11 is 6.11. The molecule has 3 nitrogen and oxygen atoms in total. The summed E-state index contributed by atoms with van der Waals surface area (Å²) < 4.78 is 13.9. The number of allylic oxidation sites excluding steroid dienone is 2. The Morgan fingerprint density at radius 1 is 1.00 bits per heavy atom. The first-order valence-corrected chi connectivity index (χ1v) is 9.85. The van der Waals surface area contributed by atoms with Crippen LogP contribution < -0.4 is 0 Å². The van der Waals surface area contributed by atoms with Crippen molar-refractivity contribution in [3.63, 3.8) is 0 Å². The summed E-state index contributed by atoms with van der Waals surface area (Å²) in [5.41, 5.74) is 1.62. The zero-order chi connectivity index (χ0) is 19.8. The average Bonchev–Trinajstić information content (AvgIpc) is 2.94. The molecule has 3 rings (SSSR count). The topological polar surface area (TPSA) is 23.6 Å². The van der Waals surface area contributed by atoms with Gasteiger partial charge in [-0.1, -0.05) is 66.2 Å². The number of amides is 1. The minimum atomic E-state index is -0.173. The van der Waals surface area contributed by atoms with Gasteiger partial charge in [0.1, 0.15) is 5.82 Å². The molecule has 0 saturated carbocycles. The van der Waals surface area contributed by atoms with Crippen LogP contribution in [0.5, 0.6) is 0 Å². The summed E-state index contributed by atoms with van der Waals surface area (Å²) in [5, 5.41) is 0.681. The van der Waals surface area contributed by atoms with Crippen molar-refractivity contribution in [3.05, 3.63) is 88.7 Å². The smallest absolute Gasteiger partial charge is 0.246 e. The summed E-state index contributed by atoms with van der Waals surface area (Å²) in [6.07, 6.45) is 7.91. The van der Waals surface area contributed by atoms with Crippen LogP contribution in [0.3, 0.4) is 0 Å². The van der Waals surface area contributed by atoms with Crippen LogP contribution >= 0.6 is 11.6 Å². The Kier molecular flexibility index (Phi) is 7.40. The number of rotatable bonds is 5. The Morgan fingerprint density at radius 3 is 2.61 bits per heavy atom. The van der Waals surface area contributed by atoms with Crippen molar-refractivity contribution in [1.82, 2.24) is 9.80 Å².